The van der Waals surface area contributed by atoms with E-state index >= 15 is 0 Å². The molecule has 0 spiro atoms. The second-order valence-electron chi connectivity index (χ2n) is 5.67. The summed E-state index contributed by atoms with van der Waals surface area (Å²) in [6.07, 6.45) is 2.68. The molecule has 1 aliphatic carbocycles. The van der Waals surface area contributed by atoms with Gasteiger partial charge >= 0.3 is 0 Å². The fourth-order valence-electron chi connectivity index (χ4n) is 2.40. The average Bonchev–Trinajstić information content (AvgIpc) is 3.33. The zero-order chi connectivity index (χ0) is 14.7. The van der Waals surface area contributed by atoms with Crippen LogP contribution in [0.1, 0.15) is 24.0 Å². The van der Waals surface area contributed by atoms with Gasteiger partial charge in [0.1, 0.15) is 12.4 Å². The monoisotopic (exact) mass is 345 g/mol. The van der Waals surface area contributed by atoms with Crippen molar-refractivity contribution in [2.75, 3.05) is 7.05 Å². The van der Waals surface area contributed by atoms with Crippen molar-refractivity contribution in [2.45, 2.75) is 32.0 Å². The number of hydrogen-bond acceptors (Lipinski definition) is 2. The molecule has 0 unspecified atom stereocenters. The molecule has 1 fully saturated rings. The molecule has 110 valence electrons. The Morgan fingerprint density at radius 2 is 1.90 bits per heavy atom. The summed E-state index contributed by atoms with van der Waals surface area (Å²) in [4.78, 5) is 2.42. The van der Waals surface area contributed by atoms with Crippen molar-refractivity contribution in [3.63, 3.8) is 0 Å². The third kappa shape index (κ3) is 4.08. The van der Waals surface area contributed by atoms with Crippen molar-refractivity contribution < 1.29 is 4.74 Å². The summed E-state index contributed by atoms with van der Waals surface area (Å²) in [7, 11) is 2.20. The average molecular weight is 346 g/mol. The number of hydrogen-bond donors (Lipinski definition) is 0. The minimum atomic E-state index is 0.606. The number of benzene rings is 2. The second kappa shape index (κ2) is 6.63. The lowest BCUT2D eigenvalue weighted by molar-refractivity contribution is 0.303. The Hall–Kier alpha value is -1.32. The maximum atomic E-state index is 5.85. The molecule has 0 saturated heterocycles. The molecule has 1 saturated carbocycles. The van der Waals surface area contributed by atoms with Crippen molar-refractivity contribution in [2.24, 2.45) is 0 Å². The van der Waals surface area contributed by atoms with E-state index in [0.717, 1.165) is 22.8 Å². The SMILES string of the molecule is CN(Cc1ccc(OCc2ccccc2)cc1Br)C1CC1. The lowest BCUT2D eigenvalue weighted by Crippen LogP contribution is -2.20. The van der Waals surface area contributed by atoms with E-state index in [-0.39, 0.29) is 0 Å². The molecule has 0 aliphatic heterocycles. The van der Waals surface area contributed by atoms with Crippen molar-refractivity contribution in [1.82, 2.24) is 4.90 Å². The van der Waals surface area contributed by atoms with Crippen molar-refractivity contribution in [3.05, 3.63) is 64.1 Å². The van der Waals surface area contributed by atoms with Gasteiger partial charge in [0.05, 0.1) is 0 Å². The first kappa shape index (κ1) is 14.6. The zero-order valence-electron chi connectivity index (χ0n) is 12.3. The van der Waals surface area contributed by atoms with Gasteiger partial charge in [0.25, 0.3) is 0 Å². The van der Waals surface area contributed by atoms with Gasteiger partial charge in [0, 0.05) is 17.1 Å². The molecule has 3 rings (SSSR count). The predicted molar refractivity (Wildman–Crippen MR) is 89.4 cm³/mol. The summed E-state index contributed by atoms with van der Waals surface area (Å²) >= 11 is 3.66. The van der Waals surface area contributed by atoms with Crippen LogP contribution in [-0.2, 0) is 13.2 Å². The number of halogens is 1. The van der Waals surface area contributed by atoms with Gasteiger partial charge in [-0.05, 0) is 43.1 Å². The van der Waals surface area contributed by atoms with Crippen LogP contribution < -0.4 is 4.74 Å². The standard InChI is InChI=1S/C18H20BrNO/c1-20(16-8-9-16)12-15-7-10-17(11-18(15)19)21-13-14-5-3-2-4-6-14/h2-7,10-11,16H,8-9,12-13H2,1H3. The van der Waals surface area contributed by atoms with E-state index in [9.17, 15) is 0 Å². The van der Waals surface area contributed by atoms with Gasteiger partial charge in [-0.1, -0.05) is 52.3 Å². The van der Waals surface area contributed by atoms with Crippen LogP contribution in [0.4, 0.5) is 0 Å². The topological polar surface area (TPSA) is 12.5 Å². The van der Waals surface area contributed by atoms with Gasteiger partial charge < -0.3 is 4.74 Å². The van der Waals surface area contributed by atoms with E-state index in [0.29, 0.717) is 6.61 Å². The first-order valence-electron chi connectivity index (χ1n) is 7.38. The smallest absolute Gasteiger partial charge is 0.120 e. The highest BCUT2D eigenvalue weighted by Gasteiger charge is 2.26. The maximum Gasteiger partial charge on any atom is 0.120 e. The fraction of sp³-hybridized carbons (Fsp3) is 0.333. The lowest BCUT2D eigenvalue weighted by atomic mass is 10.2. The highest BCUT2D eigenvalue weighted by molar-refractivity contribution is 9.10. The summed E-state index contributed by atoms with van der Waals surface area (Å²) in [6.45, 7) is 1.60. The third-order valence-electron chi connectivity index (χ3n) is 3.86. The van der Waals surface area contributed by atoms with E-state index in [1.807, 2.05) is 18.2 Å². The number of rotatable bonds is 6. The molecular weight excluding hydrogens is 326 g/mol. The van der Waals surface area contributed by atoms with Crippen LogP contribution in [0.5, 0.6) is 5.75 Å². The van der Waals surface area contributed by atoms with E-state index in [2.05, 4.69) is 58.2 Å². The first-order chi connectivity index (χ1) is 10.2. The Morgan fingerprint density at radius 1 is 1.14 bits per heavy atom. The van der Waals surface area contributed by atoms with Crippen LogP contribution in [0.2, 0.25) is 0 Å². The van der Waals surface area contributed by atoms with Gasteiger partial charge in [-0.3, -0.25) is 4.90 Å². The molecule has 0 heterocycles. The molecule has 0 N–H and O–H groups in total. The molecule has 21 heavy (non-hydrogen) atoms. The van der Waals surface area contributed by atoms with Crippen LogP contribution in [0, 0.1) is 0 Å². The van der Waals surface area contributed by atoms with E-state index in [4.69, 9.17) is 4.74 Å². The Balaban J connectivity index is 1.60. The van der Waals surface area contributed by atoms with Gasteiger partial charge in [0.2, 0.25) is 0 Å². The summed E-state index contributed by atoms with van der Waals surface area (Å²) in [5.74, 6) is 0.906. The van der Waals surface area contributed by atoms with Crippen LogP contribution in [-0.4, -0.2) is 18.0 Å². The maximum absolute atomic E-state index is 5.85. The highest BCUT2D eigenvalue weighted by atomic mass is 79.9. The van der Waals surface area contributed by atoms with Gasteiger partial charge in [-0.2, -0.15) is 0 Å². The summed E-state index contributed by atoms with van der Waals surface area (Å²) in [5.41, 5.74) is 2.50. The Kier molecular flexibility index (Phi) is 4.61. The first-order valence-corrected chi connectivity index (χ1v) is 8.17. The van der Waals surface area contributed by atoms with Crippen LogP contribution in [0.3, 0.4) is 0 Å². The van der Waals surface area contributed by atoms with Crippen molar-refractivity contribution in [1.29, 1.82) is 0 Å². The van der Waals surface area contributed by atoms with Gasteiger partial charge in [-0.15, -0.1) is 0 Å². The van der Waals surface area contributed by atoms with Crippen molar-refractivity contribution >= 4 is 15.9 Å². The fourth-order valence-corrected chi connectivity index (χ4v) is 2.88. The van der Waals surface area contributed by atoms with Gasteiger partial charge in [-0.25, -0.2) is 0 Å². The molecule has 0 atom stereocenters. The second-order valence-corrected chi connectivity index (χ2v) is 6.53. The molecule has 0 amide bonds. The summed E-state index contributed by atoms with van der Waals surface area (Å²) in [5, 5.41) is 0. The molecular formula is C18H20BrNO. The molecule has 2 aromatic rings. The molecule has 0 aromatic heterocycles. The number of nitrogens with zero attached hydrogens (tertiary/aromatic N) is 1. The Labute approximate surface area is 134 Å². The lowest BCUT2D eigenvalue weighted by Gasteiger charge is -2.17. The molecule has 2 nitrogen and oxygen atoms in total. The zero-order valence-corrected chi connectivity index (χ0v) is 13.8. The van der Waals surface area contributed by atoms with E-state index in [1.165, 1.54) is 24.0 Å². The Morgan fingerprint density at radius 3 is 2.57 bits per heavy atom. The molecule has 2 aromatic carbocycles. The Bertz CT molecular complexity index is 595. The predicted octanol–water partition coefficient (Wildman–Crippen LogP) is 4.62. The minimum absolute atomic E-state index is 0.606. The van der Waals surface area contributed by atoms with Crippen LogP contribution >= 0.6 is 15.9 Å². The summed E-state index contributed by atoms with van der Waals surface area (Å²) in [6, 6.07) is 17.3. The molecule has 0 radical (unpaired) electrons. The van der Waals surface area contributed by atoms with E-state index in [1.54, 1.807) is 0 Å². The molecule has 1 aliphatic rings. The van der Waals surface area contributed by atoms with Crippen molar-refractivity contribution in [3.8, 4) is 5.75 Å². The third-order valence-corrected chi connectivity index (χ3v) is 4.60. The number of ether oxygens (including phenoxy) is 1. The van der Waals surface area contributed by atoms with E-state index < -0.39 is 0 Å². The van der Waals surface area contributed by atoms with Crippen LogP contribution in [0.25, 0.3) is 0 Å². The largest absolute Gasteiger partial charge is 0.489 e. The minimum Gasteiger partial charge on any atom is -0.489 e. The highest BCUT2D eigenvalue weighted by Crippen LogP contribution is 2.30. The molecule has 3 heteroatoms. The summed E-state index contributed by atoms with van der Waals surface area (Å²) < 4.78 is 6.97. The normalized spacial score (nSPS) is 14.4. The van der Waals surface area contributed by atoms with Crippen LogP contribution in [0.15, 0.2) is 53.0 Å². The van der Waals surface area contributed by atoms with Gasteiger partial charge in [0.15, 0.2) is 0 Å². The molecule has 0 bridgehead atoms. The quantitative estimate of drug-likeness (QED) is 0.757.